The summed E-state index contributed by atoms with van der Waals surface area (Å²) in [7, 11) is 0. The van der Waals surface area contributed by atoms with E-state index in [-0.39, 0.29) is 5.48 Å². The standard InChI is InChI=1S/H2N.H2O.O.Sn.H/h2*1H2;;;/q-1;;;+1;. The molecular weight excluding hydrogens is 165 g/mol. The Morgan fingerprint density at radius 3 is 1.75 bits per heavy atom. The van der Waals surface area contributed by atoms with Gasteiger partial charge in [0.15, 0.2) is 0 Å². The van der Waals surface area contributed by atoms with Crippen molar-refractivity contribution in [2.75, 3.05) is 0 Å². The van der Waals surface area contributed by atoms with Crippen LogP contribution in [0.25, 0.3) is 0 Å². The molecule has 0 radical (unpaired) electrons. The fourth-order valence-electron chi connectivity index (χ4n) is 0. The zero-order chi connectivity index (χ0) is 2.71. The first kappa shape index (κ1) is 8.82. The molecule has 0 aliphatic rings. The second kappa shape index (κ2) is 9.68. The molecule has 0 amide bonds. The van der Waals surface area contributed by atoms with Crippen LogP contribution in [0.4, 0.5) is 0 Å². The molecule has 0 atom stereocenters. The molecule has 0 spiro atoms. The van der Waals surface area contributed by atoms with Crippen LogP contribution in [-0.4, -0.2) is 26.9 Å². The third-order valence-electron chi connectivity index (χ3n) is 0. The molecule has 4 heavy (non-hydrogen) atoms. The van der Waals surface area contributed by atoms with Crippen LogP contribution in [-0.2, 0) is 3.08 Å². The van der Waals surface area contributed by atoms with Gasteiger partial charge in [-0.3, -0.25) is 0 Å². The van der Waals surface area contributed by atoms with Crippen molar-refractivity contribution in [2.45, 2.75) is 0 Å². The van der Waals surface area contributed by atoms with Crippen molar-refractivity contribution >= 4 is 21.4 Å². The van der Waals surface area contributed by atoms with Gasteiger partial charge in [0.25, 0.3) is 0 Å². The fraction of sp³-hybridized carbons (Fsp3) is 0. The molecule has 0 aromatic carbocycles. The molecule has 0 aliphatic heterocycles. The van der Waals surface area contributed by atoms with Gasteiger partial charge in [-0.25, -0.2) is 0 Å². The van der Waals surface area contributed by atoms with Gasteiger partial charge in [0, 0.05) is 0 Å². The van der Waals surface area contributed by atoms with Crippen molar-refractivity contribution in [3.8, 4) is 0 Å². The van der Waals surface area contributed by atoms with Gasteiger partial charge in [-0.15, -0.1) is 0 Å². The van der Waals surface area contributed by atoms with Crippen molar-refractivity contribution in [3.05, 3.63) is 0 Å². The van der Waals surface area contributed by atoms with Gasteiger partial charge in [-0.05, 0) is 0 Å². The molecule has 0 unspecified atom stereocenters. The van der Waals surface area contributed by atoms with E-state index in [9.17, 15) is 0 Å². The Labute approximate surface area is 34.4 Å². The second-order valence-electron chi connectivity index (χ2n) is 0.136. The van der Waals surface area contributed by atoms with Gasteiger partial charge in [0.05, 0.1) is 0 Å². The molecule has 3 nitrogen and oxygen atoms in total. The van der Waals surface area contributed by atoms with Crippen LogP contribution >= 0.6 is 0 Å². The van der Waals surface area contributed by atoms with Crippen LogP contribution in [0.5, 0.6) is 0 Å². The first-order valence-corrected chi connectivity index (χ1v) is 3.82. The summed E-state index contributed by atoms with van der Waals surface area (Å²) in [4.78, 5) is 0. The third kappa shape index (κ3) is 21.6. The molecule has 0 saturated carbocycles. The van der Waals surface area contributed by atoms with E-state index in [0.717, 1.165) is 0 Å². The van der Waals surface area contributed by atoms with E-state index >= 15 is 0 Å². The summed E-state index contributed by atoms with van der Waals surface area (Å²) in [5, 5.41) is 0. The van der Waals surface area contributed by atoms with Crippen LogP contribution in [0.1, 0.15) is 0 Å². The van der Waals surface area contributed by atoms with Crippen molar-refractivity contribution < 1.29 is 8.55 Å². The summed E-state index contributed by atoms with van der Waals surface area (Å²) in [6.45, 7) is 0. The number of rotatable bonds is 0. The molecule has 0 aromatic heterocycles. The van der Waals surface area contributed by atoms with Crippen LogP contribution in [0.15, 0.2) is 0 Å². The zero-order valence-corrected chi connectivity index (χ0v) is 5.36. The fourth-order valence-corrected chi connectivity index (χ4v) is 0. The van der Waals surface area contributed by atoms with Gasteiger partial charge >= 0.3 is 28.4 Å². The average molecular weight is 170 g/mol. The van der Waals surface area contributed by atoms with E-state index in [1.165, 1.54) is 0 Å². The van der Waals surface area contributed by atoms with Crippen LogP contribution in [0, 0.1) is 0 Å². The monoisotopic (exact) mass is 171 g/mol. The van der Waals surface area contributed by atoms with E-state index in [1.807, 2.05) is 0 Å². The molecule has 4 heteroatoms. The maximum absolute atomic E-state index is 8.90. The first-order valence-electron chi connectivity index (χ1n) is 0.569. The summed E-state index contributed by atoms with van der Waals surface area (Å²) in [6, 6.07) is 0. The summed E-state index contributed by atoms with van der Waals surface area (Å²) in [5.74, 6) is 0. The quantitative estimate of drug-likeness (QED) is 0.419. The minimum absolute atomic E-state index is 0. The summed E-state index contributed by atoms with van der Waals surface area (Å²) in [5.41, 5.74) is 0. The molecule has 0 saturated heterocycles. The second-order valence-corrected chi connectivity index (χ2v) is 0.913. The predicted octanol–water partition coefficient (Wildman–Crippen LogP) is -2.18. The maximum atomic E-state index is 8.90. The molecule has 0 heterocycles. The average Bonchev–Trinajstić information content (AvgIpc) is 0.918. The molecule has 0 fully saturated rings. The van der Waals surface area contributed by atoms with E-state index in [0.29, 0.717) is 0 Å². The van der Waals surface area contributed by atoms with Gasteiger partial charge in [-0.2, -0.15) is 0 Å². The van der Waals surface area contributed by atoms with Crippen molar-refractivity contribution in [2.24, 2.45) is 3.96 Å². The van der Waals surface area contributed by atoms with E-state index < -0.39 is 21.4 Å². The van der Waals surface area contributed by atoms with E-state index in [2.05, 4.69) is 3.96 Å². The Bertz CT molecular complexity index is 13.5. The van der Waals surface area contributed by atoms with Gasteiger partial charge in [-0.1, -0.05) is 0 Å². The van der Waals surface area contributed by atoms with E-state index in [4.69, 9.17) is 3.08 Å². The molecule has 0 rings (SSSR count). The third-order valence-corrected chi connectivity index (χ3v) is 0. The van der Waals surface area contributed by atoms with Gasteiger partial charge in [0.1, 0.15) is 0 Å². The summed E-state index contributed by atoms with van der Waals surface area (Å²) in [6.07, 6.45) is 0. The predicted molar refractivity (Wildman–Crippen MR) is 15.6 cm³/mol. The first-order chi connectivity index (χ1) is 1.41. The Morgan fingerprint density at radius 1 is 1.75 bits per heavy atom. The SMILES string of the molecule is O.[NH2][SnH]=[O]. The number of hydrogen-bond acceptors (Lipinski definition) is 1. The van der Waals surface area contributed by atoms with Gasteiger partial charge < -0.3 is 5.48 Å². The normalized spacial score (nSPS) is 3.25. The summed E-state index contributed by atoms with van der Waals surface area (Å²) < 4.78 is 13.4. The minimum atomic E-state index is -1.64. The Balaban J connectivity index is 0. The molecule has 0 aliphatic carbocycles. The van der Waals surface area contributed by atoms with Crippen molar-refractivity contribution in [1.82, 2.24) is 0 Å². The Morgan fingerprint density at radius 2 is 1.75 bits per heavy atom. The molecule has 4 N–H and O–H groups in total. The molecular formula is H5NO2Sn. The molecule has 26 valence electrons. The topological polar surface area (TPSA) is 74.6 Å². The van der Waals surface area contributed by atoms with Crippen LogP contribution in [0.3, 0.4) is 0 Å². The summed E-state index contributed by atoms with van der Waals surface area (Å²) >= 11 is -1.64. The zero-order valence-electron chi connectivity index (χ0n) is 2.06. The Hall–Kier alpha value is 0.519. The van der Waals surface area contributed by atoms with E-state index in [1.54, 1.807) is 0 Å². The van der Waals surface area contributed by atoms with Crippen LogP contribution < -0.4 is 3.96 Å². The number of hydrogen-bond donors (Lipinski definition) is 1. The Kier molecular flexibility index (Phi) is 21.3. The molecule has 0 bridgehead atoms. The van der Waals surface area contributed by atoms with Crippen LogP contribution in [0.2, 0.25) is 0 Å². The van der Waals surface area contributed by atoms with Crippen molar-refractivity contribution in [3.63, 3.8) is 0 Å². The number of nitrogens with two attached hydrogens (primary N) is 1. The molecule has 0 aromatic rings. The van der Waals surface area contributed by atoms with Crippen molar-refractivity contribution in [1.29, 1.82) is 0 Å². The van der Waals surface area contributed by atoms with Gasteiger partial charge in [0.2, 0.25) is 0 Å².